The van der Waals surface area contributed by atoms with Crippen molar-refractivity contribution in [2.75, 3.05) is 26.2 Å². The first-order chi connectivity index (χ1) is 8.80. The molecule has 3 fully saturated rings. The van der Waals surface area contributed by atoms with Gasteiger partial charge >= 0.3 is 0 Å². The molecule has 0 unspecified atom stereocenters. The van der Waals surface area contributed by atoms with Crippen LogP contribution in [0.25, 0.3) is 0 Å². The molecule has 0 atom stereocenters. The molecule has 0 aromatic rings. The summed E-state index contributed by atoms with van der Waals surface area (Å²) >= 11 is 0. The molecule has 4 heteroatoms. The van der Waals surface area contributed by atoms with E-state index in [0.717, 1.165) is 51.4 Å². The van der Waals surface area contributed by atoms with Crippen LogP contribution < -0.4 is 5.32 Å². The largest absolute Gasteiger partial charge is 0.342 e. The zero-order valence-corrected chi connectivity index (χ0v) is 12.6. The molecule has 1 aliphatic carbocycles. The molecule has 0 aromatic heterocycles. The Balaban J connectivity index is 0.00000133. The second-order valence-electron chi connectivity index (χ2n) is 6.54. The third-order valence-corrected chi connectivity index (χ3v) is 5.37. The fraction of sp³-hybridized carbons (Fsp3) is 0.933. The molecule has 0 aromatic carbocycles. The van der Waals surface area contributed by atoms with Gasteiger partial charge in [-0.15, -0.1) is 12.4 Å². The highest BCUT2D eigenvalue weighted by Gasteiger charge is 2.46. The van der Waals surface area contributed by atoms with E-state index in [1.807, 2.05) is 0 Å². The molecule has 110 valence electrons. The molecule has 3 aliphatic rings. The van der Waals surface area contributed by atoms with Gasteiger partial charge in [0.1, 0.15) is 0 Å². The first-order valence-corrected chi connectivity index (χ1v) is 7.80. The minimum atomic E-state index is 0. The maximum absolute atomic E-state index is 12.7. The van der Waals surface area contributed by atoms with Crippen molar-refractivity contribution in [3.8, 4) is 0 Å². The molecule has 2 aliphatic heterocycles. The molecule has 2 heterocycles. The average Bonchev–Trinajstić information content (AvgIpc) is 2.71. The van der Waals surface area contributed by atoms with Gasteiger partial charge in [0.05, 0.1) is 5.41 Å². The Morgan fingerprint density at radius 3 is 2.47 bits per heavy atom. The Bertz CT molecular complexity index is 309. The molecule has 19 heavy (non-hydrogen) atoms. The number of piperidine rings is 1. The normalized spacial score (nSPS) is 27.6. The van der Waals surface area contributed by atoms with Crippen LogP contribution in [0.15, 0.2) is 0 Å². The number of hydrogen-bond acceptors (Lipinski definition) is 2. The standard InChI is InChI=1S/C15H26N2O.ClH/c18-14-15(6-9-16-10-7-15)8-11-17(14)12-13-4-2-1-3-5-13;/h13,16H,1-12H2;1H. The van der Waals surface area contributed by atoms with Gasteiger partial charge in [-0.2, -0.15) is 0 Å². The predicted molar refractivity (Wildman–Crippen MR) is 79.6 cm³/mol. The van der Waals surface area contributed by atoms with Crippen LogP contribution in [0, 0.1) is 11.3 Å². The van der Waals surface area contributed by atoms with E-state index in [0.29, 0.717) is 5.91 Å². The minimum absolute atomic E-state index is 0. The summed E-state index contributed by atoms with van der Waals surface area (Å²) in [4.78, 5) is 14.8. The highest BCUT2D eigenvalue weighted by Crippen LogP contribution is 2.40. The van der Waals surface area contributed by atoms with Gasteiger partial charge < -0.3 is 10.2 Å². The Hall–Kier alpha value is -0.280. The van der Waals surface area contributed by atoms with Crippen LogP contribution in [0.5, 0.6) is 0 Å². The van der Waals surface area contributed by atoms with Crippen LogP contribution in [-0.2, 0) is 4.79 Å². The second-order valence-corrected chi connectivity index (χ2v) is 6.54. The van der Waals surface area contributed by atoms with Crippen LogP contribution >= 0.6 is 12.4 Å². The van der Waals surface area contributed by atoms with E-state index in [9.17, 15) is 4.79 Å². The lowest BCUT2D eigenvalue weighted by Gasteiger charge is -2.33. The van der Waals surface area contributed by atoms with E-state index in [1.165, 1.54) is 32.1 Å². The number of likely N-dealkylation sites (tertiary alicyclic amines) is 1. The molecule has 2 saturated heterocycles. The molecule has 1 N–H and O–H groups in total. The van der Waals surface area contributed by atoms with Crippen LogP contribution in [0.3, 0.4) is 0 Å². The second kappa shape index (κ2) is 6.45. The summed E-state index contributed by atoms with van der Waals surface area (Å²) in [5.74, 6) is 1.27. The molecule has 0 bridgehead atoms. The first-order valence-electron chi connectivity index (χ1n) is 7.80. The average molecular weight is 287 g/mol. The topological polar surface area (TPSA) is 32.3 Å². The molecular weight excluding hydrogens is 260 g/mol. The third-order valence-electron chi connectivity index (χ3n) is 5.37. The van der Waals surface area contributed by atoms with E-state index in [1.54, 1.807) is 0 Å². The first kappa shape index (κ1) is 15.1. The lowest BCUT2D eigenvalue weighted by atomic mass is 9.77. The number of amides is 1. The molecule has 3 rings (SSSR count). The zero-order valence-electron chi connectivity index (χ0n) is 11.8. The van der Waals surface area contributed by atoms with Crippen molar-refractivity contribution in [1.82, 2.24) is 10.2 Å². The van der Waals surface area contributed by atoms with Crippen molar-refractivity contribution in [2.45, 2.75) is 51.4 Å². The van der Waals surface area contributed by atoms with Crippen LogP contribution in [0.1, 0.15) is 51.4 Å². The summed E-state index contributed by atoms with van der Waals surface area (Å²) < 4.78 is 0. The summed E-state index contributed by atoms with van der Waals surface area (Å²) in [6, 6.07) is 0. The van der Waals surface area contributed by atoms with Gasteiger partial charge in [-0.3, -0.25) is 4.79 Å². The number of carbonyl (C=O) groups excluding carboxylic acids is 1. The number of hydrogen-bond donors (Lipinski definition) is 1. The Labute approximate surface area is 122 Å². The maximum Gasteiger partial charge on any atom is 0.228 e. The van der Waals surface area contributed by atoms with Crippen molar-refractivity contribution >= 4 is 18.3 Å². The van der Waals surface area contributed by atoms with Crippen LogP contribution in [0.4, 0.5) is 0 Å². The third kappa shape index (κ3) is 3.08. The number of rotatable bonds is 2. The van der Waals surface area contributed by atoms with Crippen LogP contribution in [0.2, 0.25) is 0 Å². The van der Waals surface area contributed by atoms with E-state index < -0.39 is 0 Å². The predicted octanol–water partition coefficient (Wildman–Crippen LogP) is 2.59. The Morgan fingerprint density at radius 2 is 1.79 bits per heavy atom. The number of carbonyl (C=O) groups is 1. The van der Waals surface area contributed by atoms with Crippen LogP contribution in [-0.4, -0.2) is 37.0 Å². The number of halogens is 1. The minimum Gasteiger partial charge on any atom is -0.342 e. The summed E-state index contributed by atoms with van der Waals surface area (Å²) in [6.07, 6.45) is 10.1. The molecule has 1 amide bonds. The van der Waals surface area contributed by atoms with Gasteiger partial charge in [-0.05, 0) is 51.1 Å². The molecule has 1 saturated carbocycles. The molecule has 3 nitrogen and oxygen atoms in total. The van der Waals surface area contributed by atoms with E-state index in [-0.39, 0.29) is 17.8 Å². The van der Waals surface area contributed by atoms with Gasteiger partial charge in [0.25, 0.3) is 0 Å². The Kier molecular flexibility index (Phi) is 5.13. The zero-order chi connectivity index (χ0) is 12.4. The fourth-order valence-electron chi connectivity index (χ4n) is 4.12. The fourth-order valence-corrected chi connectivity index (χ4v) is 4.12. The monoisotopic (exact) mass is 286 g/mol. The highest BCUT2D eigenvalue weighted by atomic mass is 35.5. The maximum atomic E-state index is 12.7. The lowest BCUT2D eigenvalue weighted by Crippen LogP contribution is -2.43. The van der Waals surface area contributed by atoms with Crippen molar-refractivity contribution < 1.29 is 4.79 Å². The van der Waals surface area contributed by atoms with Crippen molar-refractivity contribution in [3.05, 3.63) is 0 Å². The van der Waals surface area contributed by atoms with Gasteiger partial charge in [0.2, 0.25) is 5.91 Å². The lowest BCUT2D eigenvalue weighted by molar-refractivity contribution is -0.137. The number of nitrogens with one attached hydrogen (secondary N) is 1. The quantitative estimate of drug-likeness (QED) is 0.846. The van der Waals surface area contributed by atoms with Crippen molar-refractivity contribution in [3.63, 3.8) is 0 Å². The van der Waals surface area contributed by atoms with Gasteiger partial charge in [0.15, 0.2) is 0 Å². The SMILES string of the molecule is Cl.O=C1N(CC2CCCCC2)CCC12CCNCC2. The van der Waals surface area contributed by atoms with E-state index in [2.05, 4.69) is 10.2 Å². The van der Waals surface area contributed by atoms with Gasteiger partial charge in [0, 0.05) is 13.1 Å². The van der Waals surface area contributed by atoms with Gasteiger partial charge in [-0.25, -0.2) is 0 Å². The Morgan fingerprint density at radius 1 is 1.11 bits per heavy atom. The van der Waals surface area contributed by atoms with Gasteiger partial charge in [-0.1, -0.05) is 19.3 Å². The number of nitrogens with zero attached hydrogens (tertiary/aromatic N) is 1. The summed E-state index contributed by atoms with van der Waals surface area (Å²) in [5.41, 5.74) is 0.0277. The summed E-state index contributed by atoms with van der Waals surface area (Å²) in [7, 11) is 0. The van der Waals surface area contributed by atoms with Crippen molar-refractivity contribution in [1.29, 1.82) is 0 Å². The summed E-state index contributed by atoms with van der Waals surface area (Å²) in [6.45, 7) is 4.13. The highest BCUT2D eigenvalue weighted by molar-refractivity contribution is 5.85. The van der Waals surface area contributed by atoms with E-state index >= 15 is 0 Å². The van der Waals surface area contributed by atoms with Crippen molar-refractivity contribution in [2.24, 2.45) is 11.3 Å². The van der Waals surface area contributed by atoms with E-state index in [4.69, 9.17) is 0 Å². The molecular formula is C15H27ClN2O. The smallest absolute Gasteiger partial charge is 0.228 e. The molecule has 0 radical (unpaired) electrons. The summed E-state index contributed by atoms with van der Waals surface area (Å²) in [5, 5.41) is 3.38. The molecule has 1 spiro atoms.